The third kappa shape index (κ3) is 4.01. The van der Waals surface area contributed by atoms with E-state index in [4.69, 9.17) is 0 Å². The quantitative estimate of drug-likeness (QED) is 0.938. The molecule has 3 rings (SSSR count). The number of benzene rings is 1. The molecule has 122 valence electrons. The summed E-state index contributed by atoms with van der Waals surface area (Å²) in [7, 11) is 0. The van der Waals surface area contributed by atoms with Crippen molar-refractivity contribution in [2.45, 2.75) is 12.8 Å². The Morgan fingerprint density at radius 2 is 2.00 bits per heavy atom. The second kappa shape index (κ2) is 7.46. The summed E-state index contributed by atoms with van der Waals surface area (Å²) in [4.78, 5) is 20.8. The van der Waals surface area contributed by atoms with Gasteiger partial charge in [0.05, 0.1) is 5.01 Å². The molecule has 0 radical (unpaired) electrons. The van der Waals surface area contributed by atoms with Gasteiger partial charge in [-0.2, -0.15) is 0 Å². The van der Waals surface area contributed by atoms with Crippen LogP contribution in [0.3, 0.4) is 0 Å². The molecule has 1 aromatic carbocycles. The number of amides is 2. The van der Waals surface area contributed by atoms with Gasteiger partial charge in [0.15, 0.2) is 0 Å². The van der Waals surface area contributed by atoms with Crippen LogP contribution in [0.1, 0.15) is 17.8 Å². The van der Waals surface area contributed by atoms with Gasteiger partial charge in [0.25, 0.3) is 0 Å². The SMILES string of the molecule is C[C@@H](CNC(=O)N1CCN(c2ccccc2)CC1)c1nccs1. The fraction of sp³-hybridized carbons (Fsp3) is 0.412. The molecule has 1 aromatic heterocycles. The van der Waals surface area contributed by atoms with E-state index in [1.807, 2.05) is 16.3 Å². The Morgan fingerprint density at radius 1 is 1.26 bits per heavy atom. The first kappa shape index (κ1) is 15.8. The van der Waals surface area contributed by atoms with E-state index >= 15 is 0 Å². The zero-order valence-corrected chi connectivity index (χ0v) is 14.1. The molecule has 1 N–H and O–H groups in total. The molecule has 1 aliphatic rings. The van der Waals surface area contributed by atoms with Crippen molar-refractivity contribution in [2.75, 3.05) is 37.6 Å². The Kier molecular flexibility index (Phi) is 5.12. The van der Waals surface area contributed by atoms with Gasteiger partial charge in [-0.3, -0.25) is 0 Å². The fourth-order valence-corrected chi connectivity index (χ4v) is 3.42. The molecule has 0 bridgehead atoms. The van der Waals surface area contributed by atoms with Gasteiger partial charge in [-0.15, -0.1) is 11.3 Å². The number of thiazole rings is 1. The second-order valence-corrected chi connectivity index (χ2v) is 6.69. The highest BCUT2D eigenvalue weighted by Gasteiger charge is 2.21. The van der Waals surface area contributed by atoms with Crippen molar-refractivity contribution in [2.24, 2.45) is 0 Å². The first-order valence-electron chi connectivity index (χ1n) is 7.96. The highest BCUT2D eigenvalue weighted by molar-refractivity contribution is 7.09. The Balaban J connectivity index is 1.45. The van der Waals surface area contributed by atoms with Gasteiger partial charge in [0, 0.05) is 55.9 Å². The molecule has 1 saturated heterocycles. The van der Waals surface area contributed by atoms with Gasteiger partial charge in [-0.25, -0.2) is 9.78 Å². The van der Waals surface area contributed by atoms with Crippen LogP contribution >= 0.6 is 11.3 Å². The molecule has 2 heterocycles. The smallest absolute Gasteiger partial charge is 0.317 e. The second-order valence-electron chi connectivity index (χ2n) is 5.77. The monoisotopic (exact) mass is 330 g/mol. The number of para-hydroxylation sites is 1. The Labute approximate surface area is 140 Å². The topological polar surface area (TPSA) is 48.5 Å². The van der Waals surface area contributed by atoms with Crippen LogP contribution in [-0.4, -0.2) is 48.6 Å². The summed E-state index contributed by atoms with van der Waals surface area (Å²) in [5.74, 6) is 0.254. The molecular weight excluding hydrogens is 308 g/mol. The normalized spacial score (nSPS) is 16.2. The molecule has 0 saturated carbocycles. The van der Waals surface area contributed by atoms with Crippen LogP contribution in [0, 0.1) is 0 Å². The summed E-state index contributed by atoms with van der Waals surface area (Å²) in [6.45, 7) is 5.98. The first-order valence-corrected chi connectivity index (χ1v) is 8.84. The molecule has 6 heteroatoms. The lowest BCUT2D eigenvalue weighted by Gasteiger charge is -2.36. The average Bonchev–Trinajstić information content (AvgIpc) is 3.15. The van der Waals surface area contributed by atoms with Crippen LogP contribution in [0.25, 0.3) is 0 Å². The van der Waals surface area contributed by atoms with Gasteiger partial charge >= 0.3 is 6.03 Å². The Morgan fingerprint density at radius 3 is 2.65 bits per heavy atom. The number of aromatic nitrogens is 1. The number of carbonyl (C=O) groups is 1. The summed E-state index contributed by atoms with van der Waals surface area (Å²) in [5.41, 5.74) is 1.23. The Hall–Kier alpha value is -2.08. The van der Waals surface area contributed by atoms with Gasteiger partial charge in [-0.1, -0.05) is 25.1 Å². The summed E-state index contributed by atoms with van der Waals surface area (Å²) >= 11 is 1.63. The van der Waals surface area contributed by atoms with Crippen molar-refractivity contribution in [3.8, 4) is 0 Å². The van der Waals surface area contributed by atoms with E-state index in [1.165, 1.54) is 5.69 Å². The maximum Gasteiger partial charge on any atom is 0.317 e. The minimum Gasteiger partial charge on any atom is -0.368 e. The van der Waals surface area contributed by atoms with E-state index in [-0.39, 0.29) is 11.9 Å². The van der Waals surface area contributed by atoms with Crippen molar-refractivity contribution in [1.82, 2.24) is 15.2 Å². The largest absolute Gasteiger partial charge is 0.368 e. The molecule has 0 spiro atoms. The lowest BCUT2D eigenvalue weighted by Crippen LogP contribution is -2.52. The van der Waals surface area contributed by atoms with Gasteiger partial charge in [-0.05, 0) is 12.1 Å². The maximum absolute atomic E-state index is 12.3. The zero-order chi connectivity index (χ0) is 16.1. The number of piperazine rings is 1. The number of hydrogen-bond donors (Lipinski definition) is 1. The summed E-state index contributed by atoms with van der Waals surface area (Å²) < 4.78 is 0. The number of urea groups is 1. The van der Waals surface area contributed by atoms with Crippen molar-refractivity contribution in [3.05, 3.63) is 46.9 Å². The molecule has 1 aliphatic heterocycles. The summed E-state index contributed by atoms with van der Waals surface area (Å²) in [6, 6.07) is 10.4. The maximum atomic E-state index is 12.3. The van der Waals surface area contributed by atoms with Gasteiger partial charge in [0.1, 0.15) is 0 Å². The minimum absolute atomic E-state index is 0.0288. The third-order valence-electron chi connectivity index (χ3n) is 4.12. The zero-order valence-electron chi connectivity index (χ0n) is 13.3. The van der Waals surface area contributed by atoms with Crippen LogP contribution in [-0.2, 0) is 0 Å². The predicted molar refractivity (Wildman–Crippen MR) is 94.2 cm³/mol. The number of carbonyl (C=O) groups excluding carboxylic acids is 1. The van der Waals surface area contributed by atoms with Crippen LogP contribution in [0.4, 0.5) is 10.5 Å². The van der Waals surface area contributed by atoms with E-state index in [9.17, 15) is 4.79 Å². The number of nitrogens with zero attached hydrogens (tertiary/aromatic N) is 3. The van der Waals surface area contributed by atoms with E-state index < -0.39 is 0 Å². The van der Waals surface area contributed by atoms with Crippen molar-refractivity contribution < 1.29 is 4.79 Å². The van der Waals surface area contributed by atoms with E-state index in [0.717, 1.165) is 31.2 Å². The molecule has 1 fully saturated rings. The fourth-order valence-electron chi connectivity index (χ4n) is 2.72. The summed E-state index contributed by atoms with van der Waals surface area (Å²) in [5, 5.41) is 6.07. The number of nitrogens with one attached hydrogen (secondary N) is 1. The third-order valence-corrected chi connectivity index (χ3v) is 5.13. The highest BCUT2D eigenvalue weighted by Crippen LogP contribution is 2.17. The lowest BCUT2D eigenvalue weighted by molar-refractivity contribution is 0.194. The molecule has 2 amide bonds. The van der Waals surface area contributed by atoms with Gasteiger partial charge < -0.3 is 15.1 Å². The number of hydrogen-bond acceptors (Lipinski definition) is 4. The highest BCUT2D eigenvalue weighted by atomic mass is 32.1. The lowest BCUT2D eigenvalue weighted by atomic mass is 10.2. The van der Waals surface area contributed by atoms with Crippen molar-refractivity contribution in [3.63, 3.8) is 0 Å². The molecule has 1 atom stereocenters. The van der Waals surface area contributed by atoms with Crippen LogP contribution < -0.4 is 10.2 Å². The van der Waals surface area contributed by atoms with Crippen LogP contribution in [0.2, 0.25) is 0 Å². The molecular formula is C17H22N4OS. The van der Waals surface area contributed by atoms with E-state index in [0.29, 0.717) is 6.54 Å². The standard InChI is InChI=1S/C17H22N4OS/c1-14(16-18-7-12-23-16)13-19-17(22)21-10-8-20(9-11-21)15-5-3-2-4-6-15/h2-7,12,14H,8-11,13H2,1H3,(H,19,22)/t14-/m0/s1. The van der Waals surface area contributed by atoms with E-state index in [2.05, 4.69) is 46.4 Å². The molecule has 2 aromatic rings. The van der Waals surface area contributed by atoms with Crippen LogP contribution in [0.5, 0.6) is 0 Å². The summed E-state index contributed by atoms with van der Waals surface area (Å²) in [6.07, 6.45) is 1.81. The number of anilines is 1. The first-order chi connectivity index (χ1) is 11.2. The van der Waals surface area contributed by atoms with Gasteiger partial charge in [0.2, 0.25) is 0 Å². The number of rotatable bonds is 4. The molecule has 5 nitrogen and oxygen atoms in total. The minimum atomic E-state index is 0.0288. The van der Waals surface area contributed by atoms with Crippen molar-refractivity contribution >= 4 is 23.1 Å². The van der Waals surface area contributed by atoms with E-state index in [1.54, 1.807) is 17.5 Å². The molecule has 0 aliphatic carbocycles. The van der Waals surface area contributed by atoms with Crippen molar-refractivity contribution in [1.29, 1.82) is 0 Å². The Bertz CT molecular complexity index is 609. The van der Waals surface area contributed by atoms with Crippen LogP contribution in [0.15, 0.2) is 41.9 Å². The molecule has 0 unspecified atom stereocenters. The predicted octanol–water partition coefficient (Wildman–Crippen LogP) is 2.78. The molecule has 23 heavy (non-hydrogen) atoms. The average molecular weight is 330 g/mol.